The third-order valence-corrected chi connectivity index (χ3v) is 2.70. The van der Waals surface area contributed by atoms with E-state index < -0.39 is 0 Å². The molecule has 1 aromatic carbocycles. The number of hydrogen-bond donors (Lipinski definition) is 1. The van der Waals surface area contributed by atoms with E-state index in [9.17, 15) is 0 Å². The second-order valence-corrected chi connectivity index (χ2v) is 4.36. The van der Waals surface area contributed by atoms with Gasteiger partial charge in [0.15, 0.2) is 12.4 Å². The van der Waals surface area contributed by atoms with E-state index in [-0.39, 0.29) is 6.61 Å². The van der Waals surface area contributed by atoms with Crippen LogP contribution in [0.2, 0.25) is 0 Å². The van der Waals surface area contributed by atoms with Crippen molar-refractivity contribution >= 4 is 0 Å². The molecule has 6 nitrogen and oxygen atoms in total. The first-order valence-corrected chi connectivity index (χ1v) is 6.42. The number of ether oxygens (including phenoxy) is 1. The zero-order valence-corrected chi connectivity index (χ0v) is 11.4. The average molecular weight is 271 g/mol. The van der Waals surface area contributed by atoms with Gasteiger partial charge in [0.25, 0.3) is 0 Å². The minimum Gasteiger partial charge on any atom is -0.479 e. The monoisotopic (exact) mass is 271 g/mol. The molecule has 1 N–H and O–H groups in total. The van der Waals surface area contributed by atoms with Gasteiger partial charge in [0.2, 0.25) is 0 Å². The predicted octanol–water partition coefficient (Wildman–Crippen LogP) is 1.05. The Morgan fingerprint density at radius 3 is 3.10 bits per heavy atom. The van der Waals surface area contributed by atoms with Gasteiger partial charge >= 0.3 is 0 Å². The summed E-state index contributed by atoms with van der Waals surface area (Å²) in [6.07, 6.45) is 2.50. The second-order valence-electron chi connectivity index (χ2n) is 4.36. The second kappa shape index (κ2) is 7.26. The highest BCUT2D eigenvalue weighted by Gasteiger charge is 1.99. The van der Waals surface area contributed by atoms with Crippen molar-refractivity contribution in [3.8, 4) is 11.8 Å². The van der Waals surface area contributed by atoms with E-state index in [4.69, 9.17) is 10.00 Å². The van der Waals surface area contributed by atoms with E-state index in [1.54, 1.807) is 11.0 Å². The van der Waals surface area contributed by atoms with E-state index in [0.29, 0.717) is 0 Å². The molecule has 0 saturated heterocycles. The molecule has 0 saturated carbocycles. The molecule has 1 heterocycles. The highest BCUT2D eigenvalue weighted by molar-refractivity contribution is 5.28. The number of nitriles is 1. The highest BCUT2D eigenvalue weighted by atomic mass is 16.5. The van der Waals surface area contributed by atoms with E-state index in [1.807, 2.05) is 37.4 Å². The summed E-state index contributed by atoms with van der Waals surface area (Å²) < 4.78 is 6.96. The fourth-order valence-electron chi connectivity index (χ4n) is 1.79. The van der Waals surface area contributed by atoms with Gasteiger partial charge in [-0.25, -0.2) is 4.98 Å². The zero-order chi connectivity index (χ0) is 14.2. The summed E-state index contributed by atoms with van der Waals surface area (Å²) >= 11 is 0. The van der Waals surface area contributed by atoms with E-state index in [0.717, 1.165) is 36.6 Å². The molecule has 0 aliphatic rings. The van der Waals surface area contributed by atoms with Crippen LogP contribution in [0.3, 0.4) is 0 Å². The molecule has 0 unspecified atom stereocenters. The Balaban J connectivity index is 1.75. The smallest absolute Gasteiger partial charge is 0.174 e. The number of aromatic nitrogens is 3. The molecule has 2 aromatic rings. The van der Waals surface area contributed by atoms with Gasteiger partial charge in [0.05, 0.1) is 0 Å². The van der Waals surface area contributed by atoms with Gasteiger partial charge in [-0.15, -0.1) is 0 Å². The number of rotatable bonds is 7. The number of benzene rings is 1. The third-order valence-electron chi connectivity index (χ3n) is 2.70. The maximum Gasteiger partial charge on any atom is 0.174 e. The fraction of sp³-hybridized carbons (Fsp3) is 0.357. The summed E-state index contributed by atoms with van der Waals surface area (Å²) in [5, 5.41) is 16.0. The molecule has 104 valence electrons. The Bertz CT molecular complexity index is 587. The Kier molecular flexibility index (Phi) is 5.09. The molecule has 20 heavy (non-hydrogen) atoms. The van der Waals surface area contributed by atoms with Crippen molar-refractivity contribution in [1.82, 2.24) is 20.1 Å². The zero-order valence-electron chi connectivity index (χ0n) is 11.4. The van der Waals surface area contributed by atoms with Crippen LogP contribution in [-0.4, -0.2) is 27.9 Å². The van der Waals surface area contributed by atoms with Gasteiger partial charge in [-0.2, -0.15) is 10.4 Å². The molecule has 0 radical (unpaired) electrons. The van der Waals surface area contributed by atoms with Crippen molar-refractivity contribution in [2.75, 3.05) is 13.2 Å². The quantitative estimate of drug-likeness (QED) is 0.762. The lowest BCUT2D eigenvalue weighted by Crippen LogP contribution is -2.17. The van der Waals surface area contributed by atoms with Crippen LogP contribution < -0.4 is 10.1 Å². The average Bonchev–Trinajstić information content (AvgIpc) is 2.87. The van der Waals surface area contributed by atoms with Crippen LogP contribution in [0.25, 0.3) is 0 Å². The molecule has 0 bridgehead atoms. The van der Waals surface area contributed by atoms with Crippen LogP contribution >= 0.6 is 0 Å². The van der Waals surface area contributed by atoms with E-state index in [1.165, 1.54) is 0 Å². The summed E-state index contributed by atoms with van der Waals surface area (Å²) in [5.41, 5.74) is 1.12. The summed E-state index contributed by atoms with van der Waals surface area (Å²) in [4.78, 5) is 4.17. The molecular formula is C14H17N5O. The van der Waals surface area contributed by atoms with E-state index in [2.05, 4.69) is 15.4 Å². The first-order chi connectivity index (χ1) is 9.78. The number of nitrogens with zero attached hydrogens (tertiary/aromatic N) is 4. The molecule has 0 atom stereocenters. The van der Waals surface area contributed by atoms with Crippen molar-refractivity contribution in [3.63, 3.8) is 0 Å². The molecule has 0 aliphatic heterocycles. The Morgan fingerprint density at radius 1 is 1.45 bits per heavy atom. The lowest BCUT2D eigenvalue weighted by atomic mass is 10.2. The number of hydrogen-bond acceptors (Lipinski definition) is 5. The standard InChI is InChI=1S/C14H17N5O/c1-19-11-17-14(18-19)5-7-16-10-12-3-2-4-13(9-12)20-8-6-15/h2-4,9,11,16H,5,7-8,10H2,1H3. The first kappa shape index (κ1) is 14.0. The first-order valence-electron chi connectivity index (χ1n) is 6.42. The van der Waals surface area contributed by atoms with Gasteiger partial charge in [0.1, 0.15) is 18.1 Å². The minimum absolute atomic E-state index is 0.0717. The number of aryl methyl sites for hydroxylation is 1. The van der Waals surface area contributed by atoms with Gasteiger partial charge in [-0.05, 0) is 17.7 Å². The third kappa shape index (κ3) is 4.37. The van der Waals surface area contributed by atoms with Crippen LogP contribution in [-0.2, 0) is 20.0 Å². The number of nitrogens with one attached hydrogen (secondary N) is 1. The lowest BCUT2D eigenvalue weighted by Gasteiger charge is -2.06. The maximum atomic E-state index is 8.48. The Hall–Kier alpha value is -2.39. The van der Waals surface area contributed by atoms with Gasteiger partial charge in [0, 0.05) is 26.6 Å². The van der Waals surface area contributed by atoms with Crippen LogP contribution in [0.1, 0.15) is 11.4 Å². The van der Waals surface area contributed by atoms with Gasteiger partial charge < -0.3 is 10.1 Å². The predicted molar refractivity (Wildman–Crippen MR) is 74.0 cm³/mol. The summed E-state index contributed by atoms with van der Waals surface area (Å²) in [5.74, 6) is 1.56. The van der Waals surface area contributed by atoms with Crippen molar-refractivity contribution < 1.29 is 4.74 Å². The molecule has 0 fully saturated rings. The molecule has 0 aliphatic carbocycles. The Labute approximate surface area is 118 Å². The topological polar surface area (TPSA) is 75.8 Å². The molecule has 6 heteroatoms. The highest BCUT2D eigenvalue weighted by Crippen LogP contribution is 2.12. The molecule has 0 amide bonds. The van der Waals surface area contributed by atoms with Gasteiger partial charge in [-0.3, -0.25) is 4.68 Å². The Morgan fingerprint density at radius 2 is 2.35 bits per heavy atom. The van der Waals surface area contributed by atoms with Crippen LogP contribution in [0.4, 0.5) is 0 Å². The van der Waals surface area contributed by atoms with Crippen molar-refractivity contribution in [2.45, 2.75) is 13.0 Å². The van der Waals surface area contributed by atoms with E-state index >= 15 is 0 Å². The van der Waals surface area contributed by atoms with Crippen molar-refractivity contribution in [1.29, 1.82) is 5.26 Å². The summed E-state index contributed by atoms with van der Waals surface area (Å²) in [7, 11) is 1.86. The maximum absolute atomic E-state index is 8.48. The summed E-state index contributed by atoms with van der Waals surface area (Å²) in [6, 6.07) is 9.67. The van der Waals surface area contributed by atoms with Crippen molar-refractivity contribution in [3.05, 3.63) is 42.0 Å². The summed E-state index contributed by atoms with van der Waals surface area (Å²) in [6.45, 7) is 1.63. The van der Waals surface area contributed by atoms with Crippen molar-refractivity contribution in [2.24, 2.45) is 7.05 Å². The van der Waals surface area contributed by atoms with Crippen LogP contribution in [0.5, 0.6) is 5.75 Å². The van der Waals surface area contributed by atoms with Gasteiger partial charge in [-0.1, -0.05) is 12.1 Å². The SMILES string of the molecule is Cn1cnc(CCNCc2cccc(OCC#N)c2)n1. The molecule has 1 aromatic heterocycles. The molecule has 0 spiro atoms. The minimum atomic E-state index is 0.0717. The fourth-order valence-corrected chi connectivity index (χ4v) is 1.79. The largest absolute Gasteiger partial charge is 0.479 e. The lowest BCUT2D eigenvalue weighted by molar-refractivity contribution is 0.367. The van der Waals surface area contributed by atoms with Crippen LogP contribution in [0.15, 0.2) is 30.6 Å². The normalized spacial score (nSPS) is 10.2. The molecular weight excluding hydrogens is 254 g/mol. The molecule has 2 rings (SSSR count). The van der Waals surface area contributed by atoms with Crippen LogP contribution in [0, 0.1) is 11.3 Å².